The number of hydrogen-bond acceptors (Lipinski definition) is 2. The van der Waals surface area contributed by atoms with Crippen molar-refractivity contribution in [3.63, 3.8) is 0 Å². The molecule has 92 valence electrons. The minimum absolute atomic E-state index is 0.457. The molecule has 3 nitrogen and oxygen atoms in total. The van der Waals surface area contributed by atoms with Gasteiger partial charge in [-0.3, -0.25) is 9.59 Å². The molecule has 0 spiro atoms. The summed E-state index contributed by atoms with van der Waals surface area (Å²) in [6.07, 6.45) is 0. The van der Waals surface area contributed by atoms with Crippen molar-refractivity contribution in [3.05, 3.63) is 42.0 Å². The molecule has 0 unspecified atom stereocenters. The number of nitrogens with zero attached hydrogens (tertiary/aromatic N) is 1. The van der Waals surface area contributed by atoms with E-state index in [1.54, 1.807) is 7.05 Å². The zero-order valence-corrected chi connectivity index (χ0v) is 10.7. The van der Waals surface area contributed by atoms with Gasteiger partial charge in [0.1, 0.15) is 0 Å². The number of ketones is 1. The Bertz CT molecular complexity index is 631. The van der Waals surface area contributed by atoms with E-state index in [1.165, 1.54) is 17.4 Å². The lowest BCUT2D eigenvalue weighted by molar-refractivity contribution is -0.134. The number of carbonyl (C=O) groups is 2. The molecule has 0 saturated heterocycles. The van der Waals surface area contributed by atoms with Crippen LogP contribution in [-0.4, -0.2) is 18.7 Å². The first-order chi connectivity index (χ1) is 8.49. The predicted molar refractivity (Wildman–Crippen MR) is 72.8 cm³/mol. The standard InChI is InChI=1S/C15H15NO2/c1-10-4-5-13-9-14(7-6-12(13)8-10)16(3)15(18)11(2)17/h4-9H,1-3H3. The number of Topliss-reactive ketones (excluding diaryl/α,β-unsaturated/α-hetero) is 1. The zero-order valence-electron chi connectivity index (χ0n) is 10.7. The number of benzene rings is 2. The lowest BCUT2D eigenvalue weighted by atomic mass is 10.1. The molecule has 0 heterocycles. The fourth-order valence-corrected chi connectivity index (χ4v) is 1.91. The molecule has 0 aliphatic rings. The van der Waals surface area contributed by atoms with Crippen LogP contribution in [0.2, 0.25) is 0 Å². The zero-order chi connectivity index (χ0) is 13.3. The fourth-order valence-electron chi connectivity index (χ4n) is 1.91. The van der Waals surface area contributed by atoms with Crippen LogP contribution in [0.15, 0.2) is 36.4 Å². The summed E-state index contributed by atoms with van der Waals surface area (Å²) in [7, 11) is 1.61. The molecule has 0 N–H and O–H groups in total. The number of likely N-dealkylation sites (N-methyl/N-ethyl adjacent to an activating group) is 1. The van der Waals surface area contributed by atoms with Crippen LogP contribution in [0.25, 0.3) is 10.8 Å². The van der Waals surface area contributed by atoms with Crippen molar-refractivity contribution < 1.29 is 9.59 Å². The second kappa shape index (κ2) is 4.61. The molecule has 0 aliphatic carbocycles. The molecule has 0 atom stereocenters. The van der Waals surface area contributed by atoms with E-state index in [4.69, 9.17) is 0 Å². The van der Waals surface area contributed by atoms with Gasteiger partial charge < -0.3 is 4.90 Å². The van der Waals surface area contributed by atoms with Crippen LogP contribution in [0.4, 0.5) is 5.69 Å². The Labute approximate surface area is 106 Å². The normalized spacial score (nSPS) is 10.4. The summed E-state index contributed by atoms with van der Waals surface area (Å²) in [4.78, 5) is 24.1. The SMILES string of the molecule is CC(=O)C(=O)N(C)c1ccc2cc(C)ccc2c1. The summed E-state index contributed by atoms with van der Waals surface area (Å²) >= 11 is 0. The summed E-state index contributed by atoms with van der Waals surface area (Å²) in [6, 6.07) is 11.9. The molecule has 2 aromatic carbocycles. The van der Waals surface area contributed by atoms with Crippen LogP contribution in [0.5, 0.6) is 0 Å². The Balaban J connectivity index is 2.44. The van der Waals surface area contributed by atoms with Crippen molar-refractivity contribution in [3.8, 4) is 0 Å². The third-order valence-electron chi connectivity index (χ3n) is 2.97. The smallest absolute Gasteiger partial charge is 0.293 e. The summed E-state index contributed by atoms with van der Waals surface area (Å²) in [6.45, 7) is 3.32. The Hall–Kier alpha value is -2.16. The molecule has 2 rings (SSSR count). The highest BCUT2D eigenvalue weighted by atomic mass is 16.2. The van der Waals surface area contributed by atoms with E-state index in [0.717, 1.165) is 16.5 Å². The maximum atomic E-state index is 11.6. The number of amides is 1. The van der Waals surface area contributed by atoms with Crippen LogP contribution >= 0.6 is 0 Å². The predicted octanol–water partition coefficient (Wildman–Crippen LogP) is 2.70. The Kier molecular flexibility index (Phi) is 3.15. The second-order valence-corrected chi connectivity index (χ2v) is 4.46. The average molecular weight is 241 g/mol. The molecule has 3 heteroatoms. The van der Waals surface area contributed by atoms with Crippen molar-refractivity contribution in [1.82, 2.24) is 0 Å². The van der Waals surface area contributed by atoms with Crippen LogP contribution in [-0.2, 0) is 9.59 Å². The largest absolute Gasteiger partial charge is 0.309 e. The minimum atomic E-state index is -0.499. The van der Waals surface area contributed by atoms with Gasteiger partial charge in [-0.1, -0.05) is 29.8 Å². The Morgan fingerprint density at radius 3 is 2.28 bits per heavy atom. The molecule has 0 radical (unpaired) electrons. The third kappa shape index (κ3) is 2.25. The maximum Gasteiger partial charge on any atom is 0.293 e. The molecular formula is C15H15NO2. The van der Waals surface area contributed by atoms with Crippen molar-refractivity contribution in [2.75, 3.05) is 11.9 Å². The summed E-state index contributed by atoms with van der Waals surface area (Å²) in [5.41, 5.74) is 1.93. The van der Waals surface area contributed by atoms with Crippen LogP contribution < -0.4 is 4.90 Å². The molecule has 0 fully saturated rings. The maximum absolute atomic E-state index is 11.6. The van der Waals surface area contributed by atoms with Crippen molar-refractivity contribution in [1.29, 1.82) is 0 Å². The van der Waals surface area contributed by atoms with Crippen molar-refractivity contribution >= 4 is 28.2 Å². The highest BCUT2D eigenvalue weighted by molar-refractivity contribution is 6.40. The van der Waals surface area contributed by atoms with Gasteiger partial charge in [-0.05, 0) is 29.8 Å². The Morgan fingerprint density at radius 2 is 1.61 bits per heavy atom. The van der Waals surface area contributed by atoms with Gasteiger partial charge >= 0.3 is 0 Å². The lowest BCUT2D eigenvalue weighted by Crippen LogP contribution is -2.31. The first kappa shape index (κ1) is 12.3. The lowest BCUT2D eigenvalue weighted by Gasteiger charge is -2.16. The quantitative estimate of drug-likeness (QED) is 0.758. The molecule has 18 heavy (non-hydrogen) atoms. The fraction of sp³-hybridized carbons (Fsp3) is 0.200. The van der Waals surface area contributed by atoms with E-state index in [9.17, 15) is 9.59 Å². The molecular weight excluding hydrogens is 226 g/mol. The van der Waals surface area contributed by atoms with Gasteiger partial charge in [0.05, 0.1) is 0 Å². The average Bonchev–Trinajstić information content (AvgIpc) is 2.36. The summed E-state index contributed by atoms with van der Waals surface area (Å²) < 4.78 is 0. The topological polar surface area (TPSA) is 37.4 Å². The number of rotatable bonds is 2. The van der Waals surface area contributed by atoms with Gasteiger partial charge in [0, 0.05) is 19.7 Å². The van der Waals surface area contributed by atoms with Crippen molar-refractivity contribution in [2.24, 2.45) is 0 Å². The van der Waals surface area contributed by atoms with Crippen molar-refractivity contribution in [2.45, 2.75) is 13.8 Å². The van der Waals surface area contributed by atoms with Crippen LogP contribution in [0.3, 0.4) is 0 Å². The van der Waals surface area contributed by atoms with Gasteiger partial charge in [-0.15, -0.1) is 0 Å². The minimum Gasteiger partial charge on any atom is -0.309 e. The first-order valence-corrected chi connectivity index (χ1v) is 5.78. The number of carbonyl (C=O) groups excluding carboxylic acids is 2. The van der Waals surface area contributed by atoms with E-state index < -0.39 is 11.7 Å². The number of hydrogen-bond donors (Lipinski definition) is 0. The molecule has 0 aliphatic heterocycles. The van der Waals surface area contributed by atoms with Crippen LogP contribution in [0, 0.1) is 6.92 Å². The van der Waals surface area contributed by atoms with E-state index in [0.29, 0.717) is 0 Å². The van der Waals surface area contributed by atoms with E-state index in [1.807, 2.05) is 37.3 Å². The molecule has 0 bridgehead atoms. The van der Waals surface area contributed by atoms with Gasteiger partial charge in [-0.25, -0.2) is 0 Å². The highest BCUT2D eigenvalue weighted by Gasteiger charge is 2.15. The van der Waals surface area contributed by atoms with Gasteiger partial charge in [0.2, 0.25) is 5.78 Å². The van der Waals surface area contributed by atoms with E-state index in [-0.39, 0.29) is 0 Å². The molecule has 1 amide bonds. The summed E-state index contributed by atoms with van der Waals surface area (Å²) in [5, 5.41) is 2.18. The molecule has 2 aromatic rings. The van der Waals surface area contributed by atoms with Crippen LogP contribution in [0.1, 0.15) is 12.5 Å². The molecule has 0 saturated carbocycles. The number of fused-ring (bicyclic) bond motifs is 1. The number of aryl methyl sites for hydroxylation is 1. The third-order valence-corrected chi connectivity index (χ3v) is 2.97. The summed E-state index contributed by atoms with van der Waals surface area (Å²) in [5.74, 6) is -0.956. The number of anilines is 1. The Morgan fingerprint density at radius 1 is 1.00 bits per heavy atom. The van der Waals surface area contributed by atoms with Gasteiger partial charge in [-0.2, -0.15) is 0 Å². The van der Waals surface area contributed by atoms with Gasteiger partial charge in [0.25, 0.3) is 5.91 Å². The monoisotopic (exact) mass is 241 g/mol. The molecule has 0 aromatic heterocycles. The van der Waals surface area contributed by atoms with E-state index in [2.05, 4.69) is 6.07 Å². The van der Waals surface area contributed by atoms with E-state index >= 15 is 0 Å². The second-order valence-electron chi connectivity index (χ2n) is 4.46. The first-order valence-electron chi connectivity index (χ1n) is 5.78. The van der Waals surface area contributed by atoms with Gasteiger partial charge in [0.15, 0.2) is 0 Å². The highest BCUT2D eigenvalue weighted by Crippen LogP contribution is 2.22.